The lowest BCUT2D eigenvalue weighted by Gasteiger charge is -2.46. The van der Waals surface area contributed by atoms with Crippen molar-refractivity contribution in [2.24, 2.45) is 5.92 Å². The van der Waals surface area contributed by atoms with Crippen LogP contribution in [-0.2, 0) is 4.74 Å². The summed E-state index contributed by atoms with van der Waals surface area (Å²) >= 11 is 0. The summed E-state index contributed by atoms with van der Waals surface area (Å²) in [6, 6.07) is 13.0. The highest BCUT2D eigenvalue weighted by molar-refractivity contribution is 5.94. The Labute approximate surface area is 177 Å². The third-order valence-electron chi connectivity index (χ3n) is 6.30. The van der Waals surface area contributed by atoms with Crippen LogP contribution in [0, 0.1) is 12.8 Å². The highest BCUT2D eigenvalue weighted by atomic mass is 16.5. The molecule has 158 valence electrons. The van der Waals surface area contributed by atoms with Gasteiger partial charge in [0, 0.05) is 43.7 Å². The summed E-state index contributed by atoms with van der Waals surface area (Å²) < 4.78 is 6.21. The van der Waals surface area contributed by atoms with E-state index in [1.54, 1.807) is 6.20 Å². The van der Waals surface area contributed by atoms with Crippen LogP contribution in [0.4, 0.5) is 0 Å². The molecular formula is C24H29N3O3. The summed E-state index contributed by atoms with van der Waals surface area (Å²) in [5.41, 5.74) is 2.06. The molecule has 6 heteroatoms. The molecular weight excluding hydrogens is 378 g/mol. The van der Waals surface area contributed by atoms with Crippen molar-refractivity contribution in [1.82, 2.24) is 15.2 Å². The summed E-state index contributed by atoms with van der Waals surface area (Å²) in [6.45, 7) is 4.67. The molecule has 2 saturated heterocycles. The van der Waals surface area contributed by atoms with Crippen LogP contribution in [0.5, 0.6) is 0 Å². The third kappa shape index (κ3) is 4.70. The number of carbonyl (C=O) groups excluding carboxylic acids is 2. The zero-order chi connectivity index (χ0) is 21.0. The van der Waals surface area contributed by atoms with Gasteiger partial charge in [0.15, 0.2) is 0 Å². The van der Waals surface area contributed by atoms with Crippen molar-refractivity contribution in [3.8, 4) is 0 Å². The lowest BCUT2D eigenvalue weighted by molar-refractivity contribution is -0.122. The largest absolute Gasteiger partial charge is 0.375 e. The number of pyridine rings is 1. The predicted octanol–water partition coefficient (Wildman–Crippen LogP) is 3.22. The van der Waals surface area contributed by atoms with E-state index in [2.05, 4.69) is 10.3 Å². The number of carbonyl (C=O) groups is 2. The molecule has 2 amide bonds. The molecule has 0 bridgehead atoms. The maximum absolute atomic E-state index is 12.8. The minimum Gasteiger partial charge on any atom is -0.375 e. The maximum Gasteiger partial charge on any atom is 0.255 e. The molecule has 2 fully saturated rings. The Bertz CT molecular complexity index is 874. The fourth-order valence-corrected chi connectivity index (χ4v) is 4.47. The Balaban J connectivity index is 1.29. The maximum atomic E-state index is 12.8. The lowest BCUT2D eigenvalue weighted by Crippen LogP contribution is -2.51. The number of rotatable bonds is 4. The normalized spacial score (nSPS) is 20.7. The third-order valence-corrected chi connectivity index (χ3v) is 6.30. The first-order valence-corrected chi connectivity index (χ1v) is 10.7. The molecule has 3 heterocycles. The molecule has 6 nitrogen and oxygen atoms in total. The smallest absolute Gasteiger partial charge is 0.255 e. The average molecular weight is 408 g/mol. The van der Waals surface area contributed by atoms with Gasteiger partial charge < -0.3 is 15.0 Å². The number of nitrogens with zero attached hydrogens (tertiary/aromatic N) is 2. The first-order chi connectivity index (χ1) is 14.5. The second kappa shape index (κ2) is 8.96. The molecule has 0 aliphatic carbocycles. The molecule has 1 aromatic heterocycles. The summed E-state index contributed by atoms with van der Waals surface area (Å²) in [6.07, 6.45) is 5.21. The Morgan fingerprint density at radius 2 is 1.90 bits per heavy atom. The van der Waals surface area contributed by atoms with E-state index in [0.29, 0.717) is 43.3 Å². The molecule has 2 aliphatic rings. The Morgan fingerprint density at radius 1 is 1.13 bits per heavy atom. The number of likely N-dealkylation sites (tertiary alicyclic amines) is 1. The standard InChI is InChI=1S/C24H29N3O3/c1-18-7-8-21(17-25-18)23(29)27-12-10-24(11-13-27)15-19(9-14-30-24)16-26-22(28)20-5-3-2-4-6-20/h2-8,17,19H,9-16H2,1H3,(H,26,28). The van der Waals surface area contributed by atoms with Gasteiger partial charge >= 0.3 is 0 Å². The van der Waals surface area contributed by atoms with Crippen LogP contribution in [0.1, 0.15) is 52.1 Å². The number of ether oxygens (including phenoxy) is 1. The number of aromatic nitrogens is 1. The van der Waals surface area contributed by atoms with E-state index in [-0.39, 0.29) is 17.4 Å². The fourth-order valence-electron chi connectivity index (χ4n) is 4.47. The second-order valence-electron chi connectivity index (χ2n) is 8.45. The van der Waals surface area contributed by atoms with Crippen LogP contribution >= 0.6 is 0 Å². The molecule has 0 radical (unpaired) electrons. The number of hydrogen-bond acceptors (Lipinski definition) is 4. The van der Waals surface area contributed by atoms with Crippen LogP contribution in [0.3, 0.4) is 0 Å². The van der Waals surface area contributed by atoms with Gasteiger partial charge in [0.25, 0.3) is 11.8 Å². The molecule has 4 rings (SSSR count). The minimum atomic E-state index is -0.178. The highest BCUT2D eigenvalue weighted by Crippen LogP contribution is 2.37. The predicted molar refractivity (Wildman–Crippen MR) is 114 cm³/mol. The van der Waals surface area contributed by atoms with Gasteiger partial charge in [0.05, 0.1) is 11.2 Å². The lowest BCUT2D eigenvalue weighted by atomic mass is 9.79. The van der Waals surface area contributed by atoms with Gasteiger partial charge in [-0.05, 0) is 62.8 Å². The molecule has 1 spiro atoms. The number of nitrogens with one attached hydrogen (secondary N) is 1. The molecule has 2 aromatic rings. The first-order valence-electron chi connectivity index (χ1n) is 10.7. The Kier molecular flexibility index (Phi) is 6.13. The Hall–Kier alpha value is -2.73. The summed E-state index contributed by atoms with van der Waals surface area (Å²) in [7, 11) is 0. The second-order valence-corrected chi connectivity index (χ2v) is 8.45. The Morgan fingerprint density at radius 3 is 2.60 bits per heavy atom. The van der Waals surface area contributed by atoms with E-state index in [0.717, 1.165) is 31.4 Å². The van der Waals surface area contributed by atoms with Crippen LogP contribution < -0.4 is 5.32 Å². The van der Waals surface area contributed by atoms with Gasteiger partial charge in [0.1, 0.15) is 0 Å². The SMILES string of the molecule is Cc1ccc(C(=O)N2CCC3(CC2)CC(CNC(=O)c2ccccc2)CCO3)cn1. The summed E-state index contributed by atoms with van der Waals surface area (Å²) in [5, 5.41) is 3.08. The number of amides is 2. The van der Waals surface area contributed by atoms with Crippen LogP contribution in [0.2, 0.25) is 0 Å². The van der Waals surface area contributed by atoms with Crippen molar-refractivity contribution >= 4 is 11.8 Å². The van der Waals surface area contributed by atoms with E-state index in [9.17, 15) is 9.59 Å². The van der Waals surface area contributed by atoms with Crippen molar-refractivity contribution < 1.29 is 14.3 Å². The summed E-state index contributed by atoms with van der Waals surface area (Å²) in [4.78, 5) is 31.2. The minimum absolute atomic E-state index is 0.0248. The summed E-state index contributed by atoms with van der Waals surface area (Å²) in [5.74, 6) is 0.415. The van der Waals surface area contributed by atoms with Crippen molar-refractivity contribution in [3.05, 3.63) is 65.5 Å². The number of benzene rings is 1. The molecule has 1 aromatic carbocycles. The number of piperidine rings is 1. The van der Waals surface area contributed by atoms with E-state index >= 15 is 0 Å². The molecule has 0 saturated carbocycles. The van der Waals surface area contributed by atoms with Crippen LogP contribution in [0.15, 0.2) is 48.7 Å². The van der Waals surface area contributed by atoms with Crippen molar-refractivity contribution in [3.63, 3.8) is 0 Å². The van der Waals surface area contributed by atoms with Crippen LogP contribution in [-0.4, -0.2) is 53.5 Å². The quantitative estimate of drug-likeness (QED) is 0.845. The van der Waals surface area contributed by atoms with Gasteiger partial charge in [-0.2, -0.15) is 0 Å². The zero-order valence-corrected chi connectivity index (χ0v) is 17.5. The average Bonchev–Trinajstić information content (AvgIpc) is 2.79. The molecule has 1 unspecified atom stereocenters. The van der Waals surface area contributed by atoms with Gasteiger partial charge in [-0.15, -0.1) is 0 Å². The first kappa shape index (κ1) is 20.5. The molecule has 1 atom stereocenters. The molecule has 1 N–H and O–H groups in total. The van der Waals surface area contributed by atoms with E-state index in [1.807, 2.05) is 54.3 Å². The van der Waals surface area contributed by atoms with Gasteiger partial charge in [-0.1, -0.05) is 18.2 Å². The van der Waals surface area contributed by atoms with Gasteiger partial charge in [-0.25, -0.2) is 0 Å². The van der Waals surface area contributed by atoms with Crippen LogP contribution in [0.25, 0.3) is 0 Å². The topological polar surface area (TPSA) is 71.5 Å². The van der Waals surface area contributed by atoms with Gasteiger partial charge in [-0.3, -0.25) is 14.6 Å². The zero-order valence-electron chi connectivity index (χ0n) is 17.5. The van der Waals surface area contributed by atoms with Crippen molar-refractivity contribution in [1.29, 1.82) is 0 Å². The van der Waals surface area contributed by atoms with E-state index in [1.165, 1.54) is 0 Å². The number of hydrogen-bond donors (Lipinski definition) is 1. The van der Waals surface area contributed by atoms with E-state index < -0.39 is 0 Å². The fraction of sp³-hybridized carbons (Fsp3) is 0.458. The van der Waals surface area contributed by atoms with E-state index in [4.69, 9.17) is 4.74 Å². The monoisotopic (exact) mass is 407 g/mol. The van der Waals surface area contributed by atoms with Crippen molar-refractivity contribution in [2.75, 3.05) is 26.2 Å². The highest BCUT2D eigenvalue weighted by Gasteiger charge is 2.41. The number of aryl methyl sites for hydroxylation is 1. The van der Waals surface area contributed by atoms with Gasteiger partial charge in [0.2, 0.25) is 0 Å². The molecule has 30 heavy (non-hydrogen) atoms. The molecule has 2 aliphatic heterocycles. The van der Waals surface area contributed by atoms with Crippen molar-refractivity contribution in [2.45, 2.75) is 38.2 Å².